The first kappa shape index (κ1) is 14.5. The van der Waals surface area contributed by atoms with E-state index in [-0.39, 0.29) is 11.7 Å². The van der Waals surface area contributed by atoms with E-state index in [1.54, 1.807) is 18.3 Å². The molecule has 5 nitrogen and oxygen atoms in total. The Morgan fingerprint density at radius 3 is 2.55 bits per heavy atom. The van der Waals surface area contributed by atoms with Gasteiger partial charge in [-0.1, -0.05) is 12.1 Å². The summed E-state index contributed by atoms with van der Waals surface area (Å²) in [4.78, 5) is 14.4. The minimum Gasteiger partial charge on any atom is -0.377 e. The first-order chi connectivity index (χ1) is 9.47. The predicted molar refractivity (Wildman–Crippen MR) is 81.8 cm³/mol. The third-order valence-electron chi connectivity index (χ3n) is 3.00. The second-order valence-corrected chi connectivity index (χ2v) is 5.30. The lowest BCUT2D eigenvalue weighted by Gasteiger charge is -2.16. The zero-order chi connectivity index (χ0) is 14.7. The van der Waals surface area contributed by atoms with Crippen LogP contribution in [0.4, 0.5) is 11.4 Å². The number of non-ortho nitro benzene ring substituents is 1. The molecule has 0 aliphatic heterocycles. The van der Waals surface area contributed by atoms with Crippen molar-refractivity contribution in [2.24, 2.45) is 0 Å². The first-order valence-electron chi connectivity index (χ1n) is 6.10. The van der Waals surface area contributed by atoms with Gasteiger partial charge in [-0.3, -0.25) is 10.1 Å². The topological polar surface area (TPSA) is 68.1 Å². The molecule has 1 aromatic carbocycles. The molecule has 0 saturated carbocycles. The molecule has 0 aliphatic rings. The first-order valence-corrected chi connectivity index (χ1v) is 6.89. The Bertz CT molecular complexity index is 629. The molecule has 0 fully saturated rings. The fourth-order valence-electron chi connectivity index (χ4n) is 1.86. The van der Waals surface area contributed by atoms with Crippen LogP contribution in [0.5, 0.6) is 0 Å². The van der Waals surface area contributed by atoms with E-state index in [0.717, 1.165) is 21.4 Å². The summed E-state index contributed by atoms with van der Waals surface area (Å²) in [5, 5.41) is 13.9. The van der Waals surface area contributed by atoms with Crippen molar-refractivity contribution in [1.29, 1.82) is 0 Å². The molecule has 1 atom stereocenters. The van der Waals surface area contributed by atoms with Crippen LogP contribution in [0.3, 0.4) is 0 Å². The van der Waals surface area contributed by atoms with E-state index in [9.17, 15) is 10.1 Å². The Labute approximate surface area is 125 Å². The van der Waals surface area contributed by atoms with Crippen LogP contribution in [0.1, 0.15) is 24.1 Å². The van der Waals surface area contributed by atoms with Gasteiger partial charge in [0.25, 0.3) is 5.69 Å². The highest BCUT2D eigenvalue weighted by molar-refractivity contribution is 9.10. The van der Waals surface area contributed by atoms with Crippen LogP contribution in [-0.4, -0.2) is 9.91 Å². The van der Waals surface area contributed by atoms with Crippen LogP contribution in [-0.2, 0) is 0 Å². The number of hydrogen-bond donors (Lipinski definition) is 1. The van der Waals surface area contributed by atoms with Crippen molar-refractivity contribution in [3.05, 3.63) is 62.4 Å². The van der Waals surface area contributed by atoms with Crippen molar-refractivity contribution >= 4 is 27.3 Å². The molecule has 0 bridgehead atoms. The van der Waals surface area contributed by atoms with Gasteiger partial charge in [-0.05, 0) is 47.0 Å². The van der Waals surface area contributed by atoms with Gasteiger partial charge in [-0.15, -0.1) is 0 Å². The standard InChI is InChI=1S/C14H14BrN3O2/c1-9-7-12(8-16-14(9)15)17-10(2)11-3-5-13(6-4-11)18(19)20/h3-8,10,17H,1-2H3. The summed E-state index contributed by atoms with van der Waals surface area (Å²) >= 11 is 3.36. The lowest BCUT2D eigenvalue weighted by atomic mass is 10.1. The van der Waals surface area contributed by atoms with Crippen LogP contribution >= 0.6 is 15.9 Å². The summed E-state index contributed by atoms with van der Waals surface area (Å²) in [6, 6.07) is 8.58. The van der Waals surface area contributed by atoms with E-state index in [4.69, 9.17) is 0 Å². The fourth-order valence-corrected chi connectivity index (χ4v) is 2.07. The Kier molecular flexibility index (Phi) is 4.34. The molecule has 2 rings (SSSR count). The summed E-state index contributed by atoms with van der Waals surface area (Å²) in [5.74, 6) is 0. The van der Waals surface area contributed by atoms with Gasteiger partial charge in [0.15, 0.2) is 0 Å². The van der Waals surface area contributed by atoms with Gasteiger partial charge < -0.3 is 5.32 Å². The third-order valence-corrected chi connectivity index (χ3v) is 3.83. The van der Waals surface area contributed by atoms with E-state index in [1.807, 2.05) is 19.9 Å². The van der Waals surface area contributed by atoms with E-state index < -0.39 is 4.92 Å². The highest BCUT2D eigenvalue weighted by atomic mass is 79.9. The van der Waals surface area contributed by atoms with Crippen molar-refractivity contribution < 1.29 is 4.92 Å². The molecule has 1 N–H and O–H groups in total. The summed E-state index contributed by atoms with van der Waals surface area (Å²) in [6.45, 7) is 3.97. The summed E-state index contributed by atoms with van der Waals surface area (Å²) in [5.41, 5.74) is 3.04. The molecule has 0 saturated heterocycles. The number of aromatic nitrogens is 1. The number of nitro benzene ring substituents is 1. The quantitative estimate of drug-likeness (QED) is 0.515. The number of hydrogen-bond acceptors (Lipinski definition) is 4. The highest BCUT2D eigenvalue weighted by Gasteiger charge is 2.09. The smallest absolute Gasteiger partial charge is 0.269 e. The van der Waals surface area contributed by atoms with E-state index >= 15 is 0 Å². The van der Waals surface area contributed by atoms with Crippen molar-refractivity contribution in [3.8, 4) is 0 Å². The van der Waals surface area contributed by atoms with E-state index in [2.05, 4.69) is 26.2 Å². The van der Waals surface area contributed by atoms with Gasteiger partial charge in [-0.25, -0.2) is 4.98 Å². The molecule has 0 radical (unpaired) electrons. The van der Waals surface area contributed by atoms with Crippen molar-refractivity contribution in [1.82, 2.24) is 4.98 Å². The Morgan fingerprint density at radius 2 is 2.00 bits per heavy atom. The molecule has 2 aromatic rings. The zero-order valence-electron chi connectivity index (χ0n) is 11.1. The minimum absolute atomic E-state index is 0.0400. The summed E-state index contributed by atoms with van der Waals surface area (Å²) < 4.78 is 0.825. The molecule has 1 heterocycles. The highest BCUT2D eigenvalue weighted by Crippen LogP contribution is 2.23. The normalized spacial score (nSPS) is 11.9. The SMILES string of the molecule is Cc1cc(NC(C)c2ccc([N+](=O)[O-])cc2)cnc1Br. The number of nitrogens with one attached hydrogen (secondary N) is 1. The molecule has 20 heavy (non-hydrogen) atoms. The van der Waals surface area contributed by atoms with Gasteiger partial charge in [0, 0.05) is 18.2 Å². The Balaban J connectivity index is 2.12. The molecule has 104 valence electrons. The van der Waals surface area contributed by atoms with Gasteiger partial charge in [0.05, 0.1) is 16.8 Å². The van der Waals surface area contributed by atoms with Crippen molar-refractivity contribution in [2.75, 3.05) is 5.32 Å². The van der Waals surface area contributed by atoms with Gasteiger partial charge in [-0.2, -0.15) is 0 Å². The second kappa shape index (κ2) is 6.00. The van der Waals surface area contributed by atoms with Crippen LogP contribution in [0, 0.1) is 17.0 Å². The molecule has 0 spiro atoms. The fraction of sp³-hybridized carbons (Fsp3) is 0.214. The largest absolute Gasteiger partial charge is 0.377 e. The van der Waals surface area contributed by atoms with Crippen molar-refractivity contribution in [3.63, 3.8) is 0 Å². The number of nitrogens with zero attached hydrogens (tertiary/aromatic N) is 2. The number of anilines is 1. The van der Waals surface area contributed by atoms with Crippen LogP contribution in [0.25, 0.3) is 0 Å². The maximum absolute atomic E-state index is 10.6. The molecule has 0 amide bonds. The predicted octanol–water partition coefficient (Wildman–Crippen LogP) is 4.23. The third kappa shape index (κ3) is 3.33. The monoisotopic (exact) mass is 335 g/mol. The molecule has 0 aliphatic carbocycles. The number of pyridine rings is 1. The number of benzene rings is 1. The van der Waals surface area contributed by atoms with E-state index in [0.29, 0.717) is 0 Å². The van der Waals surface area contributed by atoms with Gasteiger partial charge in [0.2, 0.25) is 0 Å². The molecule has 6 heteroatoms. The molecular formula is C14H14BrN3O2. The summed E-state index contributed by atoms with van der Waals surface area (Å²) in [6.07, 6.45) is 1.75. The minimum atomic E-state index is -0.399. The molecule has 1 unspecified atom stereocenters. The number of halogens is 1. The lowest BCUT2D eigenvalue weighted by molar-refractivity contribution is -0.384. The Morgan fingerprint density at radius 1 is 1.35 bits per heavy atom. The number of aryl methyl sites for hydroxylation is 1. The maximum atomic E-state index is 10.6. The van der Waals surface area contributed by atoms with Crippen LogP contribution < -0.4 is 5.32 Å². The second-order valence-electron chi connectivity index (χ2n) is 4.55. The van der Waals surface area contributed by atoms with Crippen LogP contribution in [0.15, 0.2) is 41.1 Å². The average Bonchev–Trinajstić information content (AvgIpc) is 2.43. The van der Waals surface area contributed by atoms with Gasteiger partial charge >= 0.3 is 0 Å². The average molecular weight is 336 g/mol. The molecular weight excluding hydrogens is 322 g/mol. The molecule has 1 aromatic heterocycles. The maximum Gasteiger partial charge on any atom is 0.269 e. The zero-order valence-corrected chi connectivity index (χ0v) is 12.7. The van der Waals surface area contributed by atoms with Crippen LogP contribution in [0.2, 0.25) is 0 Å². The summed E-state index contributed by atoms with van der Waals surface area (Å²) in [7, 11) is 0. The van der Waals surface area contributed by atoms with E-state index in [1.165, 1.54) is 12.1 Å². The van der Waals surface area contributed by atoms with Crippen molar-refractivity contribution in [2.45, 2.75) is 19.9 Å². The Hall–Kier alpha value is -1.95. The lowest BCUT2D eigenvalue weighted by Crippen LogP contribution is -2.07. The number of nitro groups is 1. The van der Waals surface area contributed by atoms with Gasteiger partial charge in [0.1, 0.15) is 4.60 Å². The number of rotatable bonds is 4.